The van der Waals surface area contributed by atoms with Crippen molar-refractivity contribution >= 4 is 75.1 Å². The predicted molar refractivity (Wildman–Crippen MR) is 295 cm³/mol. The molecule has 0 amide bonds. The minimum atomic E-state index is 1.13. The van der Waals surface area contributed by atoms with Crippen LogP contribution in [-0.4, -0.2) is 9.13 Å². The Balaban J connectivity index is 0.938. The highest BCUT2D eigenvalue weighted by Crippen LogP contribution is 2.43. The Morgan fingerprint density at radius 1 is 0.232 bits per heavy atom. The van der Waals surface area contributed by atoms with Gasteiger partial charge in [0.1, 0.15) is 0 Å². The second-order valence-corrected chi connectivity index (χ2v) is 19.1. The molecule has 3 aromatic heterocycles. The fraction of sp³-hybridized carbons (Fsp3) is 0. The van der Waals surface area contributed by atoms with Crippen molar-refractivity contribution in [2.45, 2.75) is 0 Å². The molecule has 0 aliphatic rings. The zero-order chi connectivity index (χ0) is 45.4. The summed E-state index contributed by atoms with van der Waals surface area (Å²) in [4.78, 5) is 0. The third-order valence-electron chi connectivity index (χ3n) is 14.1. The van der Waals surface area contributed by atoms with Crippen LogP contribution in [0.2, 0.25) is 0 Å². The highest BCUT2D eigenvalue weighted by Gasteiger charge is 2.19. The first-order chi connectivity index (χ1) is 34.2. The van der Waals surface area contributed by atoms with Crippen LogP contribution in [0.1, 0.15) is 0 Å². The molecule has 0 fully saturated rings. The predicted octanol–water partition coefficient (Wildman–Crippen LogP) is 18.6. The van der Waals surface area contributed by atoms with Crippen molar-refractivity contribution in [1.29, 1.82) is 0 Å². The lowest BCUT2D eigenvalue weighted by molar-refractivity contribution is 1.18. The van der Waals surface area contributed by atoms with Crippen molar-refractivity contribution in [2.75, 3.05) is 0 Å². The van der Waals surface area contributed by atoms with Gasteiger partial charge in [-0.25, -0.2) is 0 Å². The Morgan fingerprint density at radius 3 is 1.28 bits per heavy atom. The van der Waals surface area contributed by atoms with Gasteiger partial charge in [-0.2, -0.15) is 0 Å². The molecule has 0 bridgehead atoms. The number of fused-ring (bicyclic) bond motifs is 9. The maximum absolute atomic E-state index is 2.47. The number of aromatic nitrogens is 2. The molecule has 14 rings (SSSR count). The molecule has 0 saturated carbocycles. The summed E-state index contributed by atoms with van der Waals surface area (Å²) < 4.78 is 7.56. The van der Waals surface area contributed by atoms with E-state index in [0.717, 1.165) is 5.69 Å². The lowest BCUT2D eigenvalue weighted by Crippen LogP contribution is -1.95. The van der Waals surface area contributed by atoms with E-state index in [1.54, 1.807) is 0 Å². The Hall–Kier alpha value is -8.76. The van der Waals surface area contributed by atoms with Crippen molar-refractivity contribution in [3.8, 4) is 67.0 Å². The summed E-state index contributed by atoms with van der Waals surface area (Å²) in [6, 6.07) is 93.7. The number of hydrogen-bond donors (Lipinski definition) is 0. The van der Waals surface area contributed by atoms with Gasteiger partial charge in [0.2, 0.25) is 0 Å². The van der Waals surface area contributed by atoms with Gasteiger partial charge < -0.3 is 9.13 Å². The third-order valence-corrected chi connectivity index (χ3v) is 15.3. The number of rotatable bonds is 7. The molecule has 3 heterocycles. The standard InChI is InChI=1S/C66H42N2S/c1-4-16-43(17-5-1)47-30-33-61-58(40-47)59-42-49(48-32-35-63-57(41-48)54-24-10-12-27-60(54)68(63)64-28-15-26-56-55-25-11-13-29-65(55)69-66(56)64)31-34-62(59)67(61)53-23-14-22-46(39-53)52-37-50(44-18-6-2-7-19-44)36-51(38-52)45-20-8-3-9-21-45/h1-42H. The van der Waals surface area contributed by atoms with Gasteiger partial charge in [0.15, 0.2) is 0 Å². The summed E-state index contributed by atoms with van der Waals surface area (Å²) in [6.45, 7) is 0. The van der Waals surface area contributed by atoms with Crippen LogP contribution in [0, 0.1) is 0 Å². The van der Waals surface area contributed by atoms with Crippen LogP contribution in [0.15, 0.2) is 255 Å². The second kappa shape index (κ2) is 16.0. The Bertz CT molecular complexity index is 4230. The average molecular weight is 895 g/mol. The molecular formula is C66H42N2S. The largest absolute Gasteiger partial charge is 0.309 e. The van der Waals surface area contributed by atoms with Crippen LogP contribution in [0.5, 0.6) is 0 Å². The van der Waals surface area contributed by atoms with Crippen LogP contribution in [0.25, 0.3) is 131 Å². The van der Waals surface area contributed by atoms with Gasteiger partial charge in [-0.3, -0.25) is 0 Å². The lowest BCUT2D eigenvalue weighted by Gasteiger charge is -2.14. The summed E-state index contributed by atoms with van der Waals surface area (Å²) in [5.41, 5.74) is 19.1. The van der Waals surface area contributed by atoms with E-state index in [0.29, 0.717) is 0 Å². The van der Waals surface area contributed by atoms with Gasteiger partial charge >= 0.3 is 0 Å². The second-order valence-electron chi connectivity index (χ2n) is 18.1. The Labute approximate surface area is 403 Å². The summed E-state index contributed by atoms with van der Waals surface area (Å²) in [6.07, 6.45) is 0. The first-order valence-corrected chi connectivity index (χ1v) is 24.5. The third kappa shape index (κ3) is 6.54. The smallest absolute Gasteiger partial charge is 0.0640 e. The van der Waals surface area contributed by atoms with Gasteiger partial charge in [-0.1, -0.05) is 170 Å². The molecule has 0 spiro atoms. The van der Waals surface area contributed by atoms with Crippen LogP contribution in [-0.2, 0) is 0 Å². The summed E-state index contributed by atoms with van der Waals surface area (Å²) >= 11 is 1.88. The van der Waals surface area contributed by atoms with Crippen LogP contribution >= 0.6 is 11.3 Å². The molecule has 0 N–H and O–H groups in total. The number of para-hydroxylation sites is 1. The van der Waals surface area contributed by atoms with E-state index in [-0.39, 0.29) is 0 Å². The normalized spacial score (nSPS) is 11.8. The van der Waals surface area contributed by atoms with Crippen molar-refractivity contribution in [2.24, 2.45) is 0 Å². The van der Waals surface area contributed by atoms with Crippen LogP contribution < -0.4 is 0 Å². The molecule has 0 aliphatic heterocycles. The van der Waals surface area contributed by atoms with E-state index in [9.17, 15) is 0 Å². The van der Waals surface area contributed by atoms with Crippen molar-refractivity contribution in [3.05, 3.63) is 255 Å². The van der Waals surface area contributed by atoms with E-state index in [4.69, 9.17) is 0 Å². The highest BCUT2D eigenvalue weighted by atomic mass is 32.1. The molecule has 14 aromatic rings. The molecule has 11 aromatic carbocycles. The van der Waals surface area contributed by atoms with Crippen molar-refractivity contribution in [3.63, 3.8) is 0 Å². The fourth-order valence-electron chi connectivity index (χ4n) is 10.8. The van der Waals surface area contributed by atoms with Gasteiger partial charge in [0.05, 0.1) is 32.5 Å². The van der Waals surface area contributed by atoms with Crippen LogP contribution in [0.3, 0.4) is 0 Å². The van der Waals surface area contributed by atoms with Crippen molar-refractivity contribution < 1.29 is 0 Å². The molecule has 0 aliphatic carbocycles. The maximum Gasteiger partial charge on any atom is 0.0640 e. The minimum Gasteiger partial charge on any atom is -0.309 e. The molecule has 0 unspecified atom stereocenters. The van der Waals surface area contributed by atoms with E-state index in [2.05, 4.69) is 264 Å². The molecule has 0 saturated heterocycles. The molecule has 322 valence electrons. The molecule has 3 heteroatoms. The van der Waals surface area contributed by atoms with Gasteiger partial charge in [-0.05, 0) is 141 Å². The first kappa shape index (κ1) is 39.4. The molecule has 69 heavy (non-hydrogen) atoms. The zero-order valence-electron chi connectivity index (χ0n) is 37.6. The lowest BCUT2D eigenvalue weighted by atomic mass is 9.93. The SMILES string of the molecule is c1ccc(-c2cc(-c3ccccc3)cc(-c3cccc(-n4c5ccc(-c6ccccc6)cc5c5cc(-c6ccc7c(c6)c6ccccc6n7-c6cccc7c6sc6ccccc67)ccc54)c3)c2)cc1. The summed E-state index contributed by atoms with van der Waals surface area (Å²) in [5.74, 6) is 0. The number of benzene rings is 11. The minimum absolute atomic E-state index is 1.13. The van der Waals surface area contributed by atoms with E-state index in [1.165, 1.54) is 125 Å². The Kier molecular flexibility index (Phi) is 9.11. The summed E-state index contributed by atoms with van der Waals surface area (Å²) in [5, 5.41) is 7.57. The van der Waals surface area contributed by atoms with Gasteiger partial charge in [0.25, 0.3) is 0 Å². The monoisotopic (exact) mass is 894 g/mol. The zero-order valence-corrected chi connectivity index (χ0v) is 38.4. The number of nitrogens with zero attached hydrogens (tertiary/aromatic N) is 2. The number of hydrogen-bond acceptors (Lipinski definition) is 1. The highest BCUT2D eigenvalue weighted by molar-refractivity contribution is 7.26. The quantitative estimate of drug-likeness (QED) is 0.151. The van der Waals surface area contributed by atoms with Gasteiger partial charge in [0, 0.05) is 42.7 Å². The topological polar surface area (TPSA) is 9.86 Å². The van der Waals surface area contributed by atoms with Gasteiger partial charge in [-0.15, -0.1) is 11.3 Å². The maximum atomic E-state index is 2.47. The van der Waals surface area contributed by atoms with Crippen molar-refractivity contribution in [1.82, 2.24) is 9.13 Å². The first-order valence-electron chi connectivity index (χ1n) is 23.6. The fourth-order valence-corrected chi connectivity index (χ4v) is 12.0. The van der Waals surface area contributed by atoms with Crippen LogP contribution in [0.4, 0.5) is 0 Å². The molecule has 0 atom stereocenters. The number of thiophene rings is 1. The molecule has 2 nitrogen and oxygen atoms in total. The van der Waals surface area contributed by atoms with E-state index >= 15 is 0 Å². The summed E-state index contributed by atoms with van der Waals surface area (Å²) in [7, 11) is 0. The Morgan fingerprint density at radius 2 is 0.652 bits per heavy atom. The average Bonchev–Trinajstić information content (AvgIpc) is 4.09. The molecule has 0 radical (unpaired) electrons. The van der Waals surface area contributed by atoms with E-state index in [1.807, 2.05) is 11.3 Å². The van der Waals surface area contributed by atoms with E-state index < -0.39 is 0 Å². The molecular weight excluding hydrogens is 853 g/mol.